The van der Waals surface area contributed by atoms with Crippen molar-refractivity contribution < 1.29 is 4.39 Å². The third kappa shape index (κ3) is 4.52. The molecule has 0 atom stereocenters. The monoisotopic (exact) mass is 438 g/mol. The second kappa shape index (κ2) is 8.70. The van der Waals surface area contributed by atoms with E-state index in [0.29, 0.717) is 24.0 Å². The Morgan fingerprint density at radius 1 is 0.879 bits per heavy atom. The summed E-state index contributed by atoms with van der Waals surface area (Å²) in [5.74, 6) is 0.855. The Morgan fingerprint density at radius 2 is 1.61 bits per heavy atom. The summed E-state index contributed by atoms with van der Waals surface area (Å²) in [6, 6.07) is 22.5. The van der Waals surface area contributed by atoms with E-state index in [0.717, 1.165) is 33.5 Å². The van der Waals surface area contributed by atoms with Gasteiger partial charge >= 0.3 is 0 Å². The van der Waals surface area contributed by atoms with Crippen LogP contribution in [0.2, 0.25) is 0 Å². The van der Waals surface area contributed by atoms with Crippen molar-refractivity contribution in [2.24, 2.45) is 0 Å². The van der Waals surface area contributed by atoms with Gasteiger partial charge in [0.1, 0.15) is 11.6 Å². The maximum Gasteiger partial charge on any atom is 0.227 e. The van der Waals surface area contributed by atoms with Gasteiger partial charge in [0.05, 0.1) is 17.3 Å². The summed E-state index contributed by atoms with van der Waals surface area (Å²) in [5.41, 5.74) is 5.80. The van der Waals surface area contributed by atoms with Crippen LogP contribution in [0.3, 0.4) is 0 Å². The third-order valence-electron chi connectivity index (χ3n) is 5.28. The summed E-state index contributed by atoms with van der Waals surface area (Å²) in [4.78, 5) is 9.48. The third-order valence-corrected chi connectivity index (χ3v) is 5.28. The van der Waals surface area contributed by atoms with Crippen molar-refractivity contribution in [2.75, 3.05) is 10.6 Å². The molecule has 0 aliphatic heterocycles. The standard InChI is InChI=1S/C26H23FN6/c1-17-12-18(2)14-21(13-17)30-24-23-16-29-33(22-6-4-3-5-7-22)25(23)32-26(31-24)28-15-19-8-10-20(27)11-9-19/h3-14,16H,15H2,1-2H3,(H2,28,30,31,32). The summed E-state index contributed by atoms with van der Waals surface area (Å²) < 4.78 is 15.0. The molecule has 5 rings (SSSR count). The molecule has 5 aromatic rings. The van der Waals surface area contributed by atoms with E-state index in [1.54, 1.807) is 23.0 Å². The molecule has 2 aromatic heterocycles. The Bertz CT molecular complexity index is 1390. The molecule has 2 N–H and O–H groups in total. The highest BCUT2D eigenvalue weighted by atomic mass is 19.1. The minimum absolute atomic E-state index is 0.261. The summed E-state index contributed by atoms with van der Waals surface area (Å²) >= 11 is 0. The number of nitrogens with zero attached hydrogens (tertiary/aromatic N) is 4. The zero-order chi connectivity index (χ0) is 22.8. The van der Waals surface area contributed by atoms with E-state index in [2.05, 4.69) is 47.8 Å². The number of benzene rings is 3. The number of fused-ring (bicyclic) bond motifs is 1. The van der Waals surface area contributed by atoms with Gasteiger partial charge in [-0.25, -0.2) is 9.07 Å². The molecule has 2 heterocycles. The molecule has 3 aromatic carbocycles. The lowest BCUT2D eigenvalue weighted by Gasteiger charge is -2.12. The molecule has 0 fully saturated rings. The van der Waals surface area contributed by atoms with E-state index in [4.69, 9.17) is 9.97 Å². The minimum atomic E-state index is -0.261. The first-order chi connectivity index (χ1) is 16.0. The predicted molar refractivity (Wildman–Crippen MR) is 130 cm³/mol. The number of rotatable bonds is 6. The number of para-hydroxylation sites is 1. The first-order valence-electron chi connectivity index (χ1n) is 10.7. The molecular weight excluding hydrogens is 415 g/mol. The lowest BCUT2D eigenvalue weighted by molar-refractivity contribution is 0.627. The topological polar surface area (TPSA) is 67.7 Å². The van der Waals surface area contributed by atoms with Crippen molar-refractivity contribution in [3.05, 3.63) is 102 Å². The molecule has 0 aliphatic carbocycles. The quantitative estimate of drug-likeness (QED) is 0.344. The zero-order valence-electron chi connectivity index (χ0n) is 18.4. The second-order valence-electron chi connectivity index (χ2n) is 8.01. The molecule has 164 valence electrons. The summed E-state index contributed by atoms with van der Waals surface area (Å²) in [5, 5.41) is 12.1. The van der Waals surface area contributed by atoms with Crippen molar-refractivity contribution in [3.63, 3.8) is 0 Å². The number of anilines is 3. The number of aromatic nitrogens is 4. The lowest BCUT2D eigenvalue weighted by Crippen LogP contribution is -2.07. The highest BCUT2D eigenvalue weighted by Crippen LogP contribution is 2.28. The van der Waals surface area contributed by atoms with Gasteiger partial charge in [-0.15, -0.1) is 0 Å². The summed E-state index contributed by atoms with van der Waals surface area (Å²) in [7, 11) is 0. The fraction of sp³-hybridized carbons (Fsp3) is 0.115. The van der Waals surface area contributed by atoms with Crippen LogP contribution in [0.5, 0.6) is 0 Å². The fourth-order valence-electron chi connectivity index (χ4n) is 3.81. The average molecular weight is 439 g/mol. The zero-order valence-corrected chi connectivity index (χ0v) is 18.4. The van der Waals surface area contributed by atoms with Gasteiger partial charge in [-0.3, -0.25) is 0 Å². The Morgan fingerprint density at radius 3 is 2.33 bits per heavy atom. The average Bonchev–Trinajstić information content (AvgIpc) is 3.23. The van der Waals surface area contributed by atoms with E-state index in [1.165, 1.54) is 12.1 Å². The van der Waals surface area contributed by atoms with Crippen LogP contribution >= 0.6 is 0 Å². The van der Waals surface area contributed by atoms with Gasteiger partial charge < -0.3 is 10.6 Å². The lowest BCUT2D eigenvalue weighted by atomic mass is 10.1. The highest BCUT2D eigenvalue weighted by Gasteiger charge is 2.15. The van der Waals surface area contributed by atoms with E-state index in [1.807, 2.05) is 30.3 Å². The van der Waals surface area contributed by atoms with Gasteiger partial charge in [0.15, 0.2) is 5.65 Å². The highest BCUT2D eigenvalue weighted by molar-refractivity contribution is 5.90. The van der Waals surface area contributed by atoms with Crippen molar-refractivity contribution in [2.45, 2.75) is 20.4 Å². The molecule has 0 radical (unpaired) electrons. The first kappa shape index (κ1) is 20.6. The summed E-state index contributed by atoms with van der Waals surface area (Å²) in [6.07, 6.45) is 1.77. The number of aryl methyl sites for hydroxylation is 2. The van der Waals surface area contributed by atoms with Crippen LogP contribution in [0.4, 0.5) is 21.8 Å². The molecule has 0 saturated carbocycles. The van der Waals surface area contributed by atoms with Gasteiger partial charge in [-0.2, -0.15) is 15.1 Å². The molecule has 0 aliphatic rings. The van der Waals surface area contributed by atoms with Crippen LogP contribution < -0.4 is 10.6 Å². The number of nitrogens with one attached hydrogen (secondary N) is 2. The number of halogens is 1. The van der Waals surface area contributed by atoms with Crippen molar-refractivity contribution >= 4 is 28.5 Å². The molecular formula is C26H23FN6. The predicted octanol–water partition coefficient (Wildman–Crippen LogP) is 5.93. The van der Waals surface area contributed by atoms with Crippen LogP contribution in [0.25, 0.3) is 16.7 Å². The molecule has 0 saturated heterocycles. The number of hydrogen-bond acceptors (Lipinski definition) is 5. The minimum Gasteiger partial charge on any atom is -0.350 e. The Kier molecular flexibility index (Phi) is 5.44. The van der Waals surface area contributed by atoms with Gasteiger partial charge in [-0.1, -0.05) is 36.4 Å². The molecule has 33 heavy (non-hydrogen) atoms. The van der Waals surface area contributed by atoms with Gasteiger partial charge in [0.2, 0.25) is 5.95 Å². The van der Waals surface area contributed by atoms with Crippen LogP contribution in [0, 0.1) is 19.7 Å². The van der Waals surface area contributed by atoms with E-state index in [-0.39, 0.29) is 5.82 Å². The maximum absolute atomic E-state index is 13.2. The molecule has 0 unspecified atom stereocenters. The van der Waals surface area contributed by atoms with Gasteiger partial charge in [0.25, 0.3) is 0 Å². The van der Waals surface area contributed by atoms with Gasteiger partial charge in [0, 0.05) is 12.2 Å². The Hall–Kier alpha value is -4.26. The van der Waals surface area contributed by atoms with E-state index >= 15 is 0 Å². The van der Waals surface area contributed by atoms with Crippen molar-refractivity contribution in [3.8, 4) is 5.69 Å². The SMILES string of the molecule is Cc1cc(C)cc(Nc2nc(NCc3ccc(F)cc3)nc3c2cnn3-c2ccccc2)c1. The molecule has 7 heteroatoms. The van der Waals surface area contributed by atoms with Crippen LogP contribution in [0.15, 0.2) is 79.0 Å². The Labute approximate surface area is 191 Å². The van der Waals surface area contributed by atoms with Crippen molar-refractivity contribution in [1.82, 2.24) is 19.7 Å². The Balaban J connectivity index is 1.56. The first-order valence-corrected chi connectivity index (χ1v) is 10.7. The number of hydrogen-bond donors (Lipinski definition) is 2. The molecule has 0 amide bonds. The van der Waals surface area contributed by atoms with Gasteiger partial charge in [-0.05, 0) is 66.9 Å². The van der Waals surface area contributed by atoms with Crippen molar-refractivity contribution in [1.29, 1.82) is 0 Å². The maximum atomic E-state index is 13.2. The van der Waals surface area contributed by atoms with Crippen LogP contribution in [-0.2, 0) is 6.54 Å². The fourth-order valence-corrected chi connectivity index (χ4v) is 3.81. The van der Waals surface area contributed by atoms with E-state index < -0.39 is 0 Å². The molecule has 0 bridgehead atoms. The summed E-state index contributed by atoms with van der Waals surface area (Å²) in [6.45, 7) is 4.60. The smallest absolute Gasteiger partial charge is 0.227 e. The van der Waals surface area contributed by atoms with Crippen LogP contribution in [-0.4, -0.2) is 19.7 Å². The largest absolute Gasteiger partial charge is 0.350 e. The second-order valence-corrected chi connectivity index (χ2v) is 8.01. The van der Waals surface area contributed by atoms with Crippen LogP contribution in [0.1, 0.15) is 16.7 Å². The van der Waals surface area contributed by atoms with E-state index in [9.17, 15) is 4.39 Å². The molecule has 0 spiro atoms. The molecule has 6 nitrogen and oxygen atoms in total. The normalized spacial score (nSPS) is 11.0.